The largest absolute Gasteiger partial charge is 0.508 e. The van der Waals surface area contributed by atoms with Gasteiger partial charge >= 0.3 is 5.97 Å². The summed E-state index contributed by atoms with van der Waals surface area (Å²) >= 11 is 0. The standard InChI is InChI=1S/C16H16FNO3/c17-14-7-2-1-6-13(14)16(10-18,15(20)21)9-11-4-3-5-12(19)8-11/h1-8,19H,9-10,18H2,(H,20,21). The molecule has 2 aromatic carbocycles. The average molecular weight is 289 g/mol. The second-order valence-corrected chi connectivity index (χ2v) is 4.92. The molecule has 0 radical (unpaired) electrons. The zero-order chi connectivity index (χ0) is 15.5. The van der Waals surface area contributed by atoms with Crippen molar-refractivity contribution in [3.63, 3.8) is 0 Å². The number of hydrogen-bond donors (Lipinski definition) is 3. The van der Waals surface area contributed by atoms with Gasteiger partial charge in [0.25, 0.3) is 0 Å². The van der Waals surface area contributed by atoms with Gasteiger partial charge in [-0.25, -0.2) is 4.39 Å². The van der Waals surface area contributed by atoms with Gasteiger partial charge in [0.1, 0.15) is 17.0 Å². The van der Waals surface area contributed by atoms with Crippen LogP contribution in [-0.4, -0.2) is 22.7 Å². The predicted octanol–water partition coefficient (Wildman–Crippen LogP) is 2.06. The molecule has 1 unspecified atom stereocenters. The molecule has 4 nitrogen and oxygen atoms in total. The van der Waals surface area contributed by atoms with Gasteiger partial charge in [0.15, 0.2) is 0 Å². The molecule has 0 heterocycles. The third kappa shape index (κ3) is 2.87. The lowest BCUT2D eigenvalue weighted by atomic mass is 9.75. The molecular weight excluding hydrogens is 273 g/mol. The SMILES string of the molecule is NCC(Cc1cccc(O)c1)(C(=O)O)c1ccccc1F. The molecule has 2 rings (SSSR count). The van der Waals surface area contributed by atoms with Gasteiger partial charge in [0, 0.05) is 12.1 Å². The molecule has 2 aromatic rings. The first-order valence-electron chi connectivity index (χ1n) is 6.46. The Morgan fingerprint density at radius 3 is 2.48 bits per heavy atom. The number of nitrogens with two attached hydrogens (primary N) is 1. The molecule has 0 bridgehead atoms. The number of phenols is 1. The molecule has 5 heteroatoms. The molecule has 0 amide bonds. The van der Waals surface area contributed by atoms with E-state index in [1.165, 1.54) is 30.3 Å². The van der Waals surface area contributed by atoms with Crippen LogP contribution in [0.4, 0.5) is 4.39 Å². The number of aromatic hydroxyl groups is 1. The number of phenolic OH excluding ortho intramolecular Hbond substituents is 1. The van der Waals surface area contributed by atoms with E-state index in [9.17, 15) is 19.4 Å². The van der Waals surface area contributed by atoms with Crippen molar-refractivity contribution in [2.75, 3.05) is 6.54 Å². The smallest absolute Gasteiger partial charge is 0.315 e. The van der Waals surface area contributed by atoms with E-state index in [0.717, 1.165) is 0 Å². The van der Waals surface area contributed by atoms with E-state index < -0.39 is 17.2 Å². The van der Waals surface area contributed by atoms with Crippen LogP contribution in [0.1, 0.15) is 11.1 Å². The lowest BCUT2D eigenvalue weighted by molar-refractivity contribution is -0.143. The normalized spacial score (nSPS) is 13.6. The Morgan fingerprint density at radius 1 is 1.19 bits per heavy atom. The summed E-state index contributed by atoms with van der Waals surface area (Å²) in [6.07, 6.45) is -0.00579. The minimum Gasteiger partial charge on any atom is -0.508 e. The first-order chi connectivity index (χ1) is 9.99. The molecule has 1 atom stereocenters. The molecule has 0 saturated carbocycles. The van der Waals surface area contributed by atoms with Gasteiger partial charge < -0.3 is 15.9 Å². The van der Waals surface area contributed by atoms with Crippen LogP contribution in [0.25, 0.3) is 0 Å². The van der Waals surface area contributed by atoms with Gasteiger partial charge in [0.05, 0.1) is 0 Å². The second-order valence-electron chi connectivity index (χ2n) is 4.92. The minimum absolute atomic E-state index is 0.00579. The Hall–Kier alpha value is -2.40. The summed E-state index contributed by atoms with van der Waals surface area (Å²) in [7, 11) is 0. The van der Waals surface area contributed by atoms with Gasteiger partial charge in [-0.3, -0.25) is 4.79 Å². The van der Waals surface area contributed by atoms with Gasteiger partial charge in [0.2, 0.25) is 0 Å². The Kier molecular flexibility index (Phi) is 4.23. The van der Waals surface area contributed by atoms with Crippen molar-refractivity contribution in [1.82, 2.24) is 0 Å². The Bertz CT molecular complexity index is 659. The van der Waals surface area contributed by atoms with Gasteiger partial charge in [-0.15, -0.1) is 0 Å². The molecule has 0 aliphatic rings. The molecule has 21 heavy (non-hydrogen) atoms. The average Bonchev–Trinajstić information content (AvgIpc) is 2.45. The highest BCUT2D eigenvalue weighted by molar-refractivity contribution is 5.82. The van der Waals surface area contributed by atoms with E-state index in [1.807, 2.05) is 0 Å². The molecule has 110 valence electrons. The third-order valence-corrected chi connectivity index (χ3v) is 3.56. The van der Waals surface area contributed by atoms with E-state index >= 15 is 0 Å². The molecule has 0 aromatic heterocycles. The van der Waals surface area contributed by atoms with Crippen molar-refractivity contribution in [3.8, 4) is 5.75 Å². The molecule has 0 aliphatic carbocycles. The summed E-state index contributed by atoms with van der Waals surface area (Å²) in [5.41, 5.74) is 4.74. The van der Waals surface area contributed by atoms with Crippen LogP contribution in [0.5, 0.6) is 5.75 Å². The summed E-state index contributed by atoms with van der Waals surface area (Å²) in [5, 5.41) is 19.1. The fourth-order valence-corrected chi connectivity index (χ4v) is 2.42. The van der Waals surface area contributed by atoms with E-state index in [-0.39, 0.29) is 24.3 Å². The number of benzene rings is 2. The first-order valence-corrected chi connectivity index (χ1v) is 6.46. The van der Waals surface area contributed by atoms with Gasteiger partial charge in [-0.05, 0) is 30.2 Å². The fraction of sp³-hybridized carbons (Fsp3) is 0.188. The van der Waals surface area contributed by atoms with Crippen molar-refractivity contribution < 1.29 is 19.4 Å². The van der Waals surface area contributed by atoms with E-state index in [1.54, 1.807) is 18.2 Å². The predicted molar refractivity (Wildman–Crippen MR) is 76.6 cm³/mol. The van der Waals surface area contributed by atoms with E-state index in [2.05, 4.69) is 0 Å². The number of hydrogen-bond acceptors (Lipinski definition) is 3. The van der Waals surface area contributed by atoms with Crippen LogP contribution < -0.4 is 5.73 Å². The number of aliphatic carboxylic acids is 1. The number of carbonyl (C=O) groups is 1. The zero-order valence-corrected chi connectivity index (χ0v) is 11.3. The van der Waals surface area contributed by atoms with Crippen LogP contribution in [-0.2, 0) is 16.6 Å². The summed E-state index contributed by atoms with van der Waals surface area (Å²) in [6.45, 7) is -0.251. The number of carboxylic acids is 1. The second kappa shape index (κ2) is 5.93. The Balaban J connectivity index is 2.53. The van der Waals surface area contributed by atoms with Crippen molar-refractivity contribution in [3.05, 3.63) is 65.5 Å². The van der Waals surface area contributed by atoms with Crippen LogP contribution >= 0.6 is 0 Å². The summed E-state index contributed by atoms with van der Waals surface area (Å²) in [4.78, 5) is 11.8. The van der Waals surface area contributed by atoms with Crippen molar-refractivity contribution in [2.45, 2.75) is 11.8 Å². The van der Waals surface area contributed by atoms with Crippen molar-refractivity contribution >= 4 is 5.97 Å². The molecule has 4 N–H and O–H groups in total. The summed E-state index contributed by atoms with van der Waals surface area (Å²) < 4.78 is 14.0. The van der Waals surface area contributed by atoms with Crippen molar-refractivity contribution in [2.24, 2.45) is 5.73 Å². The van der Waals surface area contributed by atoms with E-state index in [4.69, 9.17) is 5.73 Å². The highest BCUT2D eigenvalue weighted by atomic mass is 19.1. The van der Waals surface area contributed by atoms with Gasteiger partial charge in [-0.1, -0.05) is 30.3 Å². The van der Waals surface area contributed by atoms with Crippen LogP contribution in [0, 0.1) is 5.82 Å². The fourth-order valence-electron chi connectivity index (χ4n) is 2.42. The number of carboxylic acid groups (broad SMARTS) is 1. The van der Waals surface area contributed by atoms with Crippen LogP contribution in [0.3, 0.4) is 0 Å². The maximum Gasteiger partial charge on any atom is 0.315 e. The maximum absolute atomic E-state index is 14.0. The molecule has 0 spiro atoms. The maximum atomic E-state index is 14.0. The highest BCUT2D eigenvalue weighted by Gasteiger charge is 2.41. The number of rotatable bonds is 5. The monoisotopic (exact) mass is 289 g/mol. The lowest BCUT2D eigenvalue weighted by Gasteiger charge is -2.29. The summed E-state index contributed by atoms with van der Waals surface area (Å²) in [6, 6.07) is 11.9. The number of halogens is 1. The highest BCUT2D eigenvalue weighted by Crippen LogP contribution is 2.31. The van der Waals surface area contributed by atoms with Crippen LogP contribution in [0.15, 0.2) is 48.5 Å². The Labute approximate surface area is 121 Å². The van der Waals surface area contributed by atoms with Gasteiger partial charge in [-0.2, -0.15) is 0 Å². The Morgan fingerprint density at radius 2 is 1.90 bits per heavy atom. The lowest BCUT2D eigenvalue weighted by Crippen LogP contribution is -2.45. The quantitative estimate of drug-likeness (QED) is 0.786. The molecule has 0 saturated heterocycles. The molecular formula is C16H16FNO3. The van der Waals surface area contributed by atoms with E-state index in [0.29, 0.717) is 5.56 Å². The molecule has 0 fully saturated rings. The first kappa shape index (κ1) is 15.0. The minimum atomic E-state index is -1.57. The third-order valence-electron chi connectivity index (χ3n) is 3.56. The van der Waals surface area contributed by atoms with Crippen LogP contribution in [0.2, 0.25) is 0 Å². The summed E-state index contributed by atoms with van der Waals surface area (Å²) in [5.74, 6) is -1.78. The topological polar surface area (TPSA) is 83.5 Å². The zero-order valence-electron chi connectivity index (χ0n) is 11.3. The van der Waals surface area contributed by atoms with Crippen molar-refractivity contribution in [1.29, 1.82) is 0 Å². The molecule has 0 aliphatic heterocycles.